The number of benzene rings is 4. The summed E-state index contributed by atoms with van der Waals surface area (Å²) in [6, 6.07) is 20.3. The standard InChI is InChI=1S/C26H36IN2O7P.C24H31IN5O7P/c1-18(20-6-5-7-21(15-20)26(33)34)29-16-22(30)17-37(35,36)13-4-2-3-12-28-25(32)11-9-19-8-10-24(31)23(27)14-19;1-15(16-6-5-7-17(10-16)24(34)35)28-13-18(31)14-38(36,37)9-4-2-3-8-27-23(33)19-11-20(25)21(29-30-26)12-22(19)32/h5-8,10,14-15,18,22,29-31H,2-4,9,11-13,16-17H2,1H3,(H,28,32)(H,33,34)(H,35,36);5-7,10-12,15,18,28,31-32H,2-4,8-9,13-14H2,1H3,(H,27,33)(H,34,35)(H,36,37)/t18-,22+;15-,18+/m11/s1/i27-2;25-2. The summed E-state index contributed by atoms with van der Waals surface area (Å²) in [6.07, 6.45) is 2.02. The van der Waals surface area contributed by atoms with E-state index >= 15 is 0 Å². The molecule has 2 unspecified atom stereocenters. The van der Waals surface area contributed by atoms with Crippen LogP contribution in [0.5, 0.6) is 11.5 Å². The van der Waals surface area contributed by atoms with Gasteiger partial charge in [-0.1, -0.05) is 48.3 Å². The largest absolute Gasteiger partial charge is 0.507 e. The molecule has 0 saturated heterocycles. The molecule has 4 aromatic rings. The molecule has 0 aliphatic heterocycles. The number of aliphatic hydroxyl groups is 2. The fourth-order valence-corrected chi connectivity index (χ4v) is 12.0. The van der Waals surface area contributed by atoms with E-state index in [9.17, 15) is 58.5 Å². The summed E-state index contributed by atoms with van der Waals surface area (Å²) >= 11 is 3.94. The number of halogens is 2. The number of carboxylic acids is 2. The number of amides is 2. The minimum absolute atomic E-state index is 0.0358. The molecule has 6 atom stereocenters. The third kappa shape index (κ3) is 24.9. The lowest BCUT2D eigenvalue weighted by Crippen LogP contribution is -2.31. The molecule has 0 bridgehead atoms. The number of aromatic carboxylic acids is 2. The van der Waals surface area contributed by atoms with E-state index in [1.165, 1.54) is 30.3 Å². The van der Waals surface area contributed by atoms with Crippen LogP contribution in [0.1, 0.15) is 119 Å². The molecule has 4 rings (SSSR count). The minimum atomic E-state index is -3.56. The molecule has 0 aliphatic carbocycles. The van der Waals surface area contributed by atoms with Crippen LogP contribution in [0.3, 0.4) is 0 Å². The Balaban J connectivity index is 0.000000395. The van der Waals surface area contributed by atoms with Crippen molar-refractivity contribution in [2.75, 3.05) is 50.8 Å². The molecule has 0 saturated carbocycles. The van der Waals surface area contributed by atoms with Gasteiger partial charge in [-0.2, -0.15) is 0 Å². The number of carbonyl (C=O) groups excluding carboxylic acids is 2. The zero-order valence-electron chi connectivity index (χ0n) is 41.6. The number of aromatic hydroxyl groups is 2. The quantitative estimate of drug-likeness (QED) is 0.00561. The van der Waals surface area contributed by atoms with E-state index in [4.69, 9.17) is 15.7 Å². The maximum absolute atomic E-state index is 12.5. The number of nitrogens with one attached hydrogen (secondary N) is 4. The van der Waals surface area contributed by atoms with Crippen LogP contribution in [0.25, 0.3) is 10.4 Å². The number of aryl methyl sites for hydroxylation is 1. The van der Waals surface area contributed by atoms with E-state index in [0.29, 0.717) is 68.0 Å². The second kappa shape index (κ2) is 32.8. The van der Waals surface area contributed by atoms with Gasteiger partial charge in [-0.25, -0.2) is 9.59 Å². The molecular weight excluding hydrogens is 1230 g/mol. The van der Waals surface area contributed by atoms with Crippen molar-refractivity contribution < 1.29 is 68.7 Å². The van der Waals surface area contributed by atoms with Crippen molar-refractivity contribution in [1.82, 2.24) is 21.3 Å². The molecular formula is C50H67I2N7O14P2. The van der Waals surface area contributed by atoms with Crippen molar-refractivity contribution in [3.8, 4) is 11.5 Å². The Hall–Kier alpha value is -4.65. The first-order valence-corrected chi connectivity index (χ1v) is 30.3. The maximum atomic E-state index is 12.5. The van der Waals surface area contributed by atoms with Crippen LogP contribution < -0.4 is 21.3 Å². The Morgan fingerprint density at radius 3 is 1.65 bits per heavy atom. The lowest BCUT2D eigenvalue weighted by Gasteiger charge is -2.20. The average molecular weight is 1300 g/mol. The number of aliphatic hydroxyl groups excluding tert-OH is 2. The third-order valence-electron chi connectivity index (χ3n) is 11.7. The third-order valence-corrected chi connectivity index (χ3v) is 17.4. The van der Waals surface area contributed by atoms with E-state index in [1.54, 1.807) is 42.5 Å². The first-order chi connectivity index (χ1) is 35.4. The highest BCUT2D eigenvalue weighted by molar-refractivity contribution is 14.1. The number of unbranched alkanes of at least 4 members (excludes halogenated alkanes) is 4. The van der Waals surface area contributed by atoms with Crippen molar-refractivity contribution in [2.45, 2.75) is 89.5 Å². The molecule has 0 spiro atoms. The fraction of sp³-hybridized carbons (Fsp3) is 0.440. The van der Waals surface area contributed by atoms with Gasteiger partial charge in [0.15, 0.2) is 0 Å². The van der Waals surface area contributed by atoms with Crippen molar-refractivity contribution in [3.63, 3.8) is 0 Å². The van der Waals surface area contributed by atoms with Gasteiger partial charge in [-0.15, -0.1) is 0 Å². The van der Waals surface area contributed by atoms with E-state index < -0.39 is 44.8 Å². The van der Waals surface area contributed by atoms with Crippen molar-refractivity contribution in [1.29, 1.82) is 0 Å². The van der Waals surface area contributed by atoms with Crippen molar-refractivity contribution in [3.05, 3.63) is 130 Å². The number of phenols is 2. The highest BCUT2D eigenvalue weighted by Crippen LogP contribution is 2.43. The summed E-state index contributed by atoms with van der Waals surface area (Å²) in [5, 5.41) is 73.4. The van der Waals surface area contributed by atoms with E-state index in [2.05, 4.69) is 31.3 Å². The van der Waals surface area contributed by atoms with Gasteiger partial charge in [-0.3, -0.25) is 18.7 Å². The second-order valence-corrected chi connectivity index (χ2v) is 25.3. The minimum Gasteiger partial charge on any atom is -0.507 e. The number of hydrogen-bond donors (Lipinski definition) is 12. The van der Waals surface area contributed by atoms with Gasteiger partial charge < -0.3 is 61.7 Å². The number of nitrogens with zero attached hydrogens (tertiary/aromatic N) is 3. The Morgan fingerprint density at radius 2 is 1.17 bits per heavy atom. The smallest absolute Gasteiger partial charge is 0.335 e. The van der Waals surface area contributed by atoms with Gasteiger partial charge in [0.2, 0.25) is 20.6 Å². The molecule has 410 valence electrons. The molecule has 21 nitrogen and oxygen atoms in total. The summed E-state index contributed by atoms with van der Waals surface area (Å²) in [5.41, 5.74) is 11.6. The van der Waals surface area contributed by atoms with Crippen LogP contribution in [0.15, 0.2) is 84.0 Å². The van der Waals surface area contributed by atoms with Crippen LogP contribution in [-0.4, -0.2) is 127 Å². The summed E-state index contributed by atoms with van der Waals surface area (Å²) in [5.74, 6) is -2.67. The van der Waals surface area contributed by atoms with E-state index in [-0.39, 0.29) is 89.6 Å². The van der Waals surface area contributed by atoms with Gasteiger partial charge in [0, 0.05) is 65.5 Å². The molecule has 0 aromatic heterocycles. The molecule has 4 aromatic carbocycles. The van der Waals surface area contributed by atoms with Gasteiger partial charge in [0.05, 0.1) is 50.5 Å². The predicted molar refractivity (Wildman–Crippen MR) is 303 cm³/mol. The number of rotatable bonds is 31. The van der Waals surface area contributed by atoms with Gasteiger partial charge >= 0.3 is 11.9 Å². The number of carbonyl (C=O) groups is 4. The Morgan fingerprint density at radius 1 is 0.667 bits per heavy atom. The maximum Gasteiger partial charge on any atom is 0.335 e. The number of azide groups is 1. The van der Waals surface area contributed by atoms with Crippen molar-refractivity contribution >= 4 is 89.4 Å². The zero-order chi connectivity index (χ0) is 55.7. The SMILES string of the molecule is C[C@@H](NC[C@H](O)CP(=O)(O)CCCCCNC(=O)CCc1ccc(O)c([125I])c1)c1cccc(C(=O)O)c1.C[C@@H](NC[C@H](O)CP(=O)(O)CCCCCNC(=O)c1cc([125I])c(N=[N+]=[N-])cc1O)c1cccc(C(=O)O)c1. The number of carboxylic acid groups (broad SMARTS) is 2. The van der Waals surface area contributed by atoms with Crippen LogP contribution in [-0.2, 0) is 20.3 Å². The van der Waals surface area contributed by atoms with E-state index in [0.717, 1.165) is 20.3 Å². The van der Waals surface area contributed by atoms with Gasteiger partial charge in [0.1, 0.15) is 11.5 Å². The molecule has 75 heavy (non-hydrogen) atoms. The molecule has 0 heterocycles. The molecule has 0 radical (unpaired) electrons. The van der Waals surface area contributed by atoms with E-state index in [1.807, 2.05) is 65.1 Å². The summed E-state index contributed by atoms with van der Waals surface area (Å²) < 4.78 is 26.2. The second-order valence-electron chi connectivity index (χ2n) is 18.0. The normalized spacial score (nSPS) is 14.3. The lowest BCUT2D eigenvalue weighted by molar-refractivity contribution is -0.121. The highest BCUT2D eigenvalue weighted by atomic mass is 125. The first-order valence-electron chi connectivity index (χ1n) is 24.1. The molecule has 0 aliphatic rings. The predicted octanol–water partition coefficient (Wildman–Crippen LogP) is 8.42. The Labute approximate surface area is 463 Å². The van der Waals surface area contributed by atoms with Gasteiger partial charge in [0.25, 0.3) is 5.91 Å². The molecule has 12 N–H and O–H groups in total. The molecule has 25 heteroatoms. The van der Waals surface area contributed by atoms with Crippen LogP contribution >= 0.6 is 59.9 Å². The Bertz CT molecular complexity index is 2700. The van der Waals surface area contributed by atoms with Crippen LogP contribution in [0, 0.1) is 7.14 Å². The van der Waals surface area contributed by atoms with Crippen molar-refractivity contribution in [2.24, 2.45) is 5.11 Å². The average Bonchev–Trinajstić information content (AvgIpc) is 3.35. The zero-order valence-corrected chi connectivity index (χ0v) is 47.8. The highest BCUT2D eigenvalue weighted by Gasteiger charge is 2.25. The number of phenolic OH excluding ortho intramolecular Hbond substituents is 2. The fourth-order valence-electron chi connectivity index (χ4n) is 7.47. The summed E-state index contributed by atoms with van der Waals surface area (Å²) in [4.78, 5) is 69.7. The van der Waals surface area contributed by atoms with Gasteiger partial charge in [-0.05, 0) is 162 Å². The van der Waals surface area contributed by atoms with Crippen LogP contribution in [0.4, 0.5) is 5.69 Å². The number of hydrogen-bond acceptors (Lipinski definition) is 13. The monoisotopic (exact) mass is 1300 g/mol. The summed E-state index contributed by atoms with van der Waals surface area (Å²) in [7, 11) is -7.06. The molecule has 0 fully saturated rings. The topological polar surface area (TPSA) is 361 Å². The lowest BCUT2D eigenvalue weighted by atomic mass is 10.1. The Kier molecular flexibility index (Phi) is 28.3. The molecule has 2 amide bonds. The summed E-state index contributed by atoms with van der Waals surface area (Å²) in [6.45, 7) is 4.62. The first kappa shape index (κ1) is 64.6. The van der Waals surface area contributed by atoms with Crippen LogP contribution in [0.2, 0.25) is 0 Å².